The first-order valence-electron chi connectivity index (χ1n) is 11.5. The highest BCUT2D eigenvalue weighted by Crippen LogP contribution is 2.31. The minimum Gasteiger partial charge on any atom is -0.493 e. The molecule has 0 aliphatic carbocycles. The topological polar surface area (TPSA) is 109 Å². The van der Waals surface area contributed by atoms with Crippen molar-refractivity contribution in [1.29, 1.82) is 0 Å². The van der Waals surface area contributed by atoms with Gasteiger partial charge in [0.1, 0.15) is 0 Å². The van der Waals surface area contributed by atoms with Crippen LogP contribution in [0.2, 0.25) is 0 Å². The predicted molar refractivity (Wildman–Crippen MR) is 143 cm³/mol. The van der Waals surface area contributed by atoms with Gasteiger partial charge in [-0.15, -0.1) is 0 Å². The molecule has 0 bridgehead atoms. The Balaban J connectivity index is 1.45. The fourth-order valence-electron chi connectivity index (χ4n) is 3.67. The largest absolute Gasteiger partial charge is 0.493 e. The highest BCUT2D eigenvalue weighted by Gasteiger charge is 2.28. The number of carbonyl (C=O) groups is 3. The zero-order valence-corrected chi connectivity index (χ0v) is 20.6. The van der Waals surface area contributed by atoms with E-state index in [4.69, 9.17) is 9.47 Å². The molecule has 0 fully saturated rings. The number of hydrogen-bond donors (Lipinski definition) is 2. The third kappa shape index (κ3) is 6.21. The number of benzene rings is 3. The fourth-order valence-corrected chi connectivity index (χ4v) is 3.67. The number of methoxy groups -OCH3 is 1. The Kier molecular flexibility index (Phi) is 7.63. The zero-order chi connectivity index (χ0) is 26.4. The minimum absolute atomic E-state index is 0.175. The lowest BCUT2D eigenvalue weighted by Gasteiger charge is -2.13. The molecule has 3 aromatic rings. The van der Waals surface area contributed by atoms with Crippen molar-refractivity contribution in [1.82, 2.24) is 0 Å². The molecule has 0 atom stereocenters. The van der Waals surface area contributed by atoms with Crippen LogP contribution < -0.4 is 25.1 Å². The van der Waals surface area contributed by atoms with Crippen molar-refractivity contribution in [2.75, 3.05) is 29.4 Å². The zero-order valence-electron chi connectivity index (χ0n) is 20.6. The molecule has 1 heterocycles. The van der Waals surface area contributed by atoms with Crippen LogP contribution in [0.25, 0.3) is 6.08 Å². The first-order chi connectivity index (χ1) is 17.8. The number of nitrogens with one attached hydrogen (secondary N) is 2. The van der Waals surface area contributed by atoms with E-state index in [9.17, 15) is 14.4 Å². The van der Waals surface area contributed by atoms with Crippen LogP contribution in [0.1, 0.15) is 19.4 Å². The highest BCUT2D eigenvalue weighted by atomic mass is 16.5. The number of amides is 3. The predicted octanol–water partition coefficient (Wildman–Crippen LogP) is 4.48. The van der Waals surface area contributed by atoms with Crippen molar-refractivity contribution >= 4 is 46.6 Å². The first kappa shape index (κ1) is 25.2. The van der Waals surface area contributed by atoms with Crippen LogP contribution >= 0.6 is 0 Å². The van der Waals surface area contributed by atoms with E-state index < -0.39 is 0 Å². The maximum Gasteiger partial charge on any atom is 0.280 e. The van der Waals surface area contributed by atoms with Gasteiger partial charge in [0.05, 0.1) is 24.1 Å². The maximum atomic E-state index is 13.1. The van der Waals surface area contributed by atoms with Gasteiger partial charge in [-0.1, -0.05) is 24.3 Å². The lowest BCUT2D eigenvalue weighted by molar-refractivity contribution is -0.118. The number of anilines is 3. The molecule has 3 aromatic carbocycles. The number of ether oxygens (including phenoxy) is 2. The quantitative estimate of drug-likeness (QED) is 0.445. The summed E-state index contributed by atoms with van der Waals surface area (Å²) in [4.78, 5) is 36.5. The second-order valence-electron chi connectivity index (χ2n) is 8.20. The van der Waals surface area contributed by atoms with Crippen LogP contribution in [0.4, 0.5) is 17.1 Å². The van der Waals surface area contributed by atoms with E-state index in [2.05, 4.69) is 15.7 Å². The lowest BCUT2D eigenvalue weighted by atomic mass is 10.1. The number of carbonyl (C=O) groups excluding carboxylic acids is 3. The Morgan fingerprint density at radius 2 is 1.65 bits per heavy atom. The third-order valence-electron chi connectivity index (χ3n) is 5.41. The van der Waals surface area contributed by atoms with Crippen molar-refractivity contribution < 1.29 is 23.9 Å². The Labute approximate surface area is 214 Å². The van der Waals surface area contributed by atoms with Crippen LogP contribution in [0.15, 0.2) is 83.5 Å². The number of rotatable bonds is 8. The van der Waals surface area contributed by atoms with Gasteiger partial charge in [-0.2, -0.15) is 10.1 Å². The van der Waals surface area contributed by atoms with E-state index in [0.29, 0.717) is 45.4 Å². The van der Waals surface area contributed by atoms with Crippen molar-refractivity contribution in [2.24, 2.45) is 5.10 Å². The van der Waals surface area contributed by atoms with E-state index in [1.807, 2.05) is 18.2 Å². The molecule has 9 heteroatoms. The molecule has 1 aliphatic heterocycles. The smallest absolute Gasteiger partial charge is 0.280 e. The molecule has 1 aliphatic rings. The summed E-state index contributed by atoms with van der Waals surface area (Å²) in [5, 5.41) is 11.2. The molecule has 188 valence electrons. The van der Waals surface area contributed by atoms with Crippen LogP contribution in [-0.4, -0.2) is 37.1 Å². The van der Waals surface area contributed by atoms with Gasteiger partial charge in [-0.25, -0.2) is 0 Å². The summed E-state index contributed by atoms with van der Waals surface area (Å²) < 4.78 is 11.1. The summed E-state index contributed by atoms with van der Waals surface area (Å²) in [7, 11) is 1.50. The van der Waals surface area contributed by atoms with Gasteiger partial charge in [-0.3, -0.25) is 14.4 Å². The summed E-state index contributed by atoms with van der Waals surface area (Å²) in [6, 6.07) is 21.1. The van der Waals surface area contributed by atoms with Gasteiger partial charge in [0, 0.05) is 18.3 Å². The Morgan fingerprint density at radius 1 is 0.946 bits per heavy atom. The summed E-state index contributed by atoms with van der Waals surface area (Å²) in [5.41, 5.74) is 3.60. The normalized spacial score (nSPS) is 13.8. The lowest BCUT2D eigenvalue weighted by Crippen LogP contribution is -2.21. The van der Waals surface area contributed by atoms with Gasteiger partial charge < -0.3 is 20.1 Å². The molecule has 0 saturated heterocycles. The standard InChI is InChI=1S/C28H26N4O5/c1-18-24(28(35)32(31-18)23-12-10-22(11-13-23)29-19(2)33)15-20-9-14-25(26(16-20)36-3)37-17-27(34)30-21-7-5-4-6-8-21/h4-16H,17H2,1-3H3,(H,29,33)(H,30,34). The molecule has 2 N–H and O–H groups in total. The molecule has 4 rings (SSSR count). The Morgan fingerprint density at radius 3 is 2.32 bits per heavy atom. The van der Waals surface area contributed by atoms with E-state index in [0.717, 1.165) is 0 Å². The van der Waals surface area contributed by atoms with Gasteiger partial charge in [0.2, 0.25) is 5.91 Å². The van der Waals surface area contributed by atoms with E-state index >= 15 is 0 Å². The average molecular weight is 499 g/mol. The molecule has 0 spiro atoms. The highest BCUT2D eigenvalue weighted by molar-refractivity contribution is 6.32. The van der Waals surface area contributed by atoms with Crippen molar-refractivity contribution in [3.63, 3.8) is 0 Å². The monoisotopic (exact) mass is 498 g/mol. The summed E-state index contributed by atoms with van der Waals surface area (Å²) in [5.74, 6) is 0.0743. The second kappa shape index (κ2) is 11.2. The molecule has 3 amide bonds. The van der Waals surface area contributed by atoms with Crippen LogP contribution in [0, 0.1) is 0 Å². The molecule has 0 radical (unpaired) electrons. The number of hydrazone groups is 1. The third-order valence-corrected chi connectivity index (χ3v) is 5.41. The van der Waals surface area contributed by atoms with E-state index in [1.165, 1.54) is 19.0 Å². The summed E-state index contributed by atoms with van der Waals surface area (Å²) in [6.45, 7) is 3.00. The average Bonchev–Trinajstić information content (AvgIpc) is 3.17. The first-order valence-corrected chi connectivity index (χ1v) is 11.5. The van der Waals surface area contributed by atoms with Crippen molar-refractivity contribution in [3.05, 3.63) is 83.9 Å². The minimum atomic E-state index is -0.298. The van der Waals surface area contributed by atoms with Crippen LogP contribution in [0.5, 0.6) is 11.5 Å². The second-order valence-corrected chi connectivity index (χ2v) is 8.20. The van der Waals surface area contributed by atoms with Crippen LogP contribution in [0.3, 0.4) is 0 Å². The molecular formula is C28H26N4O5. The van der Waals surface area contributed by atoms with Crippen LogP contribution in [-0.2, 0) is 14.4 Å². The van der Waals surface area contributed by atoms with E-state index in [1.54, 1.807) is 67.6 Å². The molecular weight excluding hydrogens is 472 g/mol. The summed E-state index contributed by atoms with van der Waals surface area (Å²) in [6.07, 6.45) is 1.72. The number of hydrogen-bond acceptors (Lipinski definition) is 6. The van der Waals surface area contributed by atoms with Crippen molar-refractivity contribution in [2.45, 2.75) is 13.8 Å². The summed E-state index contributed by atoms with van der Waals surface area (Å²) >= 11 is 0. The Hall–Kier alpha value is -4.92. The van der Waals surface area contributed by atoms with Crippen molar-refractivity contribution in [3.8, 4) is 11.5 Å². The van der Waals surface area contributed by atoms with Gasteiger partial charge >= 0.3 is 0 Å². The van der Waals surface area contributed by atoms with Gasteiger partial charge in [0.25, 0.3) is 11.8 Å². The Bertz CT molecular complexity index is 1380. The molecule has 37 heavy (non-hydrogen) atoms. The molecule has 0 unspecified atom stereocenters. The number of nitrogens with zero attached hydrogens (tertiary/aromatic N) is 2. The van der Waals surface area contributed by atoms with Gasteiger partial charge in [0.15, 0.2) is 18.1 Å². The molecule has 0 saturated carbocycles. The molecule has 0 aromatic heterocycles. The number of para-hydroxylation sites is 1. The fraction of sp³-hybridized carbons (Fsp3) is 0.143. The molecule has 9 nitrogen and oxygen atoms in total. The SMILES string of the molecule is COc1cc(C=C2C(=O)N(c3ccc(NC(C)=O)cc3)N=C2C)ccc1OCC(=O)Nc1ccccc1. The van der Waals surface area contributed by atoms with Gasteiger partial charge in [-0.05, 0) is 67.1 Å². The van der Waals surface area contributed by atoms with E-state index in [-0.39, 0.29) is 24.3 Å². The maximum absolute atomic E-state index is 13.1.